The zero-order valence-corrected chi connectivity index (χ0v) is 23.1. The maximum Gasteiger partial charge on any atom is 0.301 e. The van der Waals surface area contributed by atoms with Crippen LogP contribution in [0.1, 0.15) is 5.69 Å². The molecule has 0 unspecified atom stereocenters. The second-order valence-electron chi connectivity index (χ2n) is 8.45. The van der Waals surface area contributed by atoms with Gasteiger partial charge in [0.2, 0.25) is 5.13 Å². The lowest BCUT2D eigenvalue weighted by Crippen LogP contribution is -2.13. The highest BCUT2D eigenvalue weighted by Crippen LogP contribution is 2.31. The fraction of sp³-hybridized carbons (Fsp3) is 0.0833. The van der Waals surface area contributed by atoms with Crippen molar-refractivity contribution in [2.75, 3.05) is 7.11 Å². The van der Waals surface area contributed by atoms with Gasteiger partial charge < -0.3 is 4.74 Å². The molecule has 0 fully saturated rings. The Morgan fingerprint density at radius 1 is 0.975 bits per heavy atom. The van der Waals surface area contributed by atoms with Crippen LogP contribution in [0, 0.1) is 6.92 Å². The van der Waals surface area contributed by atoms with Crippen LogP contribution in [0.3, 0.4) is 0 Å². The number of aromatic nitrogens is 3. The Labute approximate surface area is 230 Å². The molecule has 2 heterocycles. The summed E-state index contributed by atoms with van der Waals surface area (Å²) in [5.41, 5.74) is 1.52. The van der Waals surface area contributed by atoms with Crippen LogP contribution >= 0.6 is 11.3 Å². The van der Waals surface area contributed by atoms with Crippen molar-refractivity contribution in [2.24, 2.45) is 10.2 Å². The fourth-order valence-corrected chi connectivity index (χ4v) is 6.03. The molecule has 0 atom stereocenters. The minimum Gasteiger partial charge on any atom is -0.497 e. The maximum absolute atomic E-state index is 13.1. The molecule has 0 bridgehead atoms. The number of fused-ring (bicyclic) bond motifs is 1. The first kappa shape index (κ1) is 27.4. The van der Waals surface area contributed by atoms with E-state index < -0.39 is 35.6 Å². The van der Waals surface area contributed by atoms with Crippen LogP contribution in [0.25, 0.3) is 27.2 Å². The molecule has 5 aromatic rings. The molecular formula is C24H19N5O8S3. The summed E-state index contributed by atoms with van der Waals surface area (Å²) in [5, 5.41) is 13.2. The van der Waals surface area contributed by atoms with Gasteiger partial charge in [-0.15, -0.1) is 16.5 Å². The number of aryl methyl sites for hydroxylation is 1. The first-order chi connectivity index (χ1) is 18.8. The minimum atomic E-state index is -4.82. The second-order valence-corrected chi connectivity index (χ2v) is 12.1. The number of nitrogens with one attached hydrogen (secondary N) is 1. The van der Waals surface area contributed by atoms with Crippen LogP contribution in [0.2, 0.25) is 0 Å². The lowest BCUT2D eigenvalue weighted by Gasteiger charge is -2.07. The Morgan fingerprint density at radius 3 is 2.35 bits per heavy atom. The normalized spacial score (nSPS) is 12.4. The van der Waals surface area contributed by atoms with Crippen molar-refractivity contribution in [3.05, 3.63) is 76.0 Å². The summed E-state index contributed by atoms with van der Waals surface area (Å²) >= 11 is 1.24. The molecule has 0 aliphatic rings. The average molecular weight is 602 g/mol. The number of hydrogen-bond donors (Lipinski definition) is 3. The smallest absolute Gasteiger partial charge is 0.301 e. The SMILES string of the molecule is COc1ccc(-c2csc(-n3[nH]c(C)c(N=Nc4ccc5c(S(=O)(=O)O)cc(S(=O)(=O)O)cc5c4)c3=O)n2)cc1. The quantitative estimate of drug-likeness (QED) is 0.176. The summed E-state index contributed by atoms with van der Waals surface area (Å²) in [6.07, 6.45) is 0. The van der Waals surface area contributed by atoms with Crippen molar-refractivity contribution in [1.82, 2.24) is 14.8 Å². The van der Waals surface area contributed by atoms with Gasteiger partial charge in [-0.05, 0) is 60.8 Å². The minimum absolute atomic E-state index is 0.00777. The molecular weight excluding hydrogens is 582 g/mol. The van der Waals surface area contributed by atoms with Gasteiger partial charge in [0.15, 0.2) is 5.69 Å². The summed E-state index contributed by atoms with van der Waals surface area (Å²) in [6.45, 7) is 1.63. The van der Waals surface area contributed by atoms with Gasteiger partial charge in [-0.2, -0.15) is 26.6 Å². The summed E-state index contributed by atoms with van der Waals surface area (Å²) in [4.78, 5) is 16.2. The topological polar surface area (TPSA) is 193 Å². The molecule has 3 N–H and O–H groups in total. The molecule has 0 amide bonds. The Kier molecular flexibility index (Phi) is 6.89. The molecule has 0 aliphatic carbocycles. The summed E-state index contributed by atoms with van der Waals surface area (Å²) in [6, 6.07) is 12.9. The van der Waals surface area contributed by atoms with Crippen LogP contribution in [0.4, 0.5) is 11.4 Å². The van der Waals surface area contributed by atoms with E-state index in [1.165, 1.54) is 34.2 Å². The van der Waals surface area contributed by atoms with Gasteiger partial charge in [0.05, 0.1) is 29.1 Å². The Balaban J connectivity index is 1.49. The van der Waals surface area contributed by atoms with Crippen molar-refractivity contribution in [3.63, 3.8) is 0 Å². The Bertz CT molecular complexity index is 2080. The third-order valence-electron chi connectivity index (χ3n) is 5.82. The van der Waals surface area contributed by atoms with Crippen molar-refractivity contribution < 1.29 is 30.7 Å². The molecule has 0 aliphatic heterocycles. The fourth-order valence-electron chi connectivity index (χ4n) is 3.88. The van der Waals surface area contributed by atoms with Gasteiger partial charge in [0, 0.05) is 16.3 Å². The molecule has 3 aromatic carbocycles. The van der Waals surface area contributed by atoms with E-state index >= 15 is 0 Å². The predicted octanol–water partition coefficient (Wildman–Crippen LogP) is 4.67. The Morgan fingerprint density at radius 2 is 1.70 bits per heavy atom. The number of nitrogens with zero attached hydrogens (tertiary/aromatic N) is 4. The third-order valence-corrected chi connectivity index (χ3v) is 8.37. The van der Waals surface area contributed by atoms with Gasteiger partial charge in [0.1, 0.15) is 10.6 Å². The molecule has 0 radical (unpaired) electrons. The van der Waals surface area contributed by atoms with Crippen molar-refractivity contribution >= 4 is 53.7 Å². The molecule has 40 heavy (non-hydrogen) atoms. The number of rotatable bonds is 7. The number of aromatic amines is 1. The third kappa shape index (κ3) is 5.30. The molecule has 0 saturated carbocycles. The zero-order chi connectivity index (χ0) is 28.8. The predicted molar refractivity (Wildman–Crippen MR) is 147 cm³/mol. The van der Waals surface area contributed by atoms with Gasteiger partial charge in [-0.1, -0.05) is 6.07 Å². The largest absolute Gasteiger partial charge is 0.497 e. The molecule has 0 saturated heterocycles. The first-order valence-electron chi connectivity index (χ1n) is 11.2. The van der Waals surface area contributed by atoms with E-state index in [2.05, 4.69) is 20.3 Å². The van der Waals surface area contributed by atoms with E-state index in [1.54, 1.807) is 31.5 Å². The van der Waals surface area contributed by atoms with Crippen LogP contribution in [-0.4, -0.2) is 47.8 Å². The number of methoxy groups -OCH3 is 1. The number of ether oxygens (including phenoxy) is 1. The van der Waals surface area contributed by atoms with E-state index in [0.29, 0.717) is 28.3 Å². The summed E-state index contributed by atoms with van der Waals surface area (Å²) in [5.74, 6) is 0.703. The maximum atomic E-state index is 13.1. The molecule has 5 rings (SSSR count). The zero-order valence-electron chi connectivity index (χ0n) is 20.6. The van der Waals surface area contributed by atoms with Crippen LogP contribution < -0.4 is 10.3 Å². The molecule has 0 spiro atoms. The number of thiazole rings is 1. The van der Waals surface area contributed by atoms with E-state index in [9.17, 15) is 30.7 Å². The van der Waals surface area contributed by atoms with Gasteiger partial charge in [-0.25, -0.2) is 4.98 Å². The summed E-state index contributed by atoms with van der Waals surface area (Å²) < 4.78 is 72.3. The van der Waals surface area contributed by atoms with E-state index in [1.807, 2.05) is 12.1 Å². The monoisotopic (exact) mass is 601 g/mol. The van der Waals surface area contributed by atoms with Crippen LogP contribution in [0.15, 0.2) is 84.8 Å². The Hall–Kier alpha value is -4.22. The van der Waals surface area contributed by atoms with Gasteiger partial charge in [0.25, 0.3) is 20.2 Å². The van der Waals surface area contributed by atoms with Gasteiger partial charge in [-0.3, -0.25) is 19.0 Å². The lowest BCUT2D eigenvalue weighted by atomic mass is 10.1. The molecule has 16 heteroatoms. The van der Waals surface area contributed by atoms with Crippen molar-refractivity contribution in [3.8, 4) is 22.1 Å². The van der Waals surface area contributed by atoms with Crippen LogP contribution in [-0.2, 0) is 20.2 Å². The van der Waals surface area contributed by atoms with Gasteiger partial charge >= 0.3 is 5.56 Å². The van der Waals surface area contributed by atoms with E-state index in [0.717, 1.165) is 11.6 Å². The number of hydrogen-bond acceptors (Lipinski definition) is 10. The van der Waals surface area contributed by atoms with Crippen molar-refractivity contribution in [2.45, 2.75) is 16.7 Å². The summed E-state index contributed by atoms with van der Waals surface area (Å²) in [7, 11) is -8.04. The van der Waals surface area contributed by atoms with Crippen LogP contribution in [0.5, 0.6) is 5.75 Å². The highest BCUT2D eigenvalue weighted by atomic mass is 32.2. The molecule has 206 valence electrons. The standard InChI is InChI=1S/C24H19N5O8S3/c1-13-22(23(30)29(28-13)24-25-20(12-38-24)14-3-6-17(37-2)7-4-14)27-26-16-5-8-19-15(9-16)10-18(39(31,32)33)11-21(19)40(34,35)36/h3-12,28H,1-2H3,(H,31,32,33)(H,34,35,36). The number of azo groups is 1. The lowest BCUT2D eigenvalue weighted by molar-refractivity contribution is 0.415. The average Bonchev–Trinajstić information content (AvgIpc) is 3.50. The van der Waals surface area contributed by atoms with E-state index in [-0.39, 0.29) is 22.1 Å². The van der Waals surface area contributed by atoms with Crippen molar-refractivity contribution in [1.29, 1.82) is 0 Å². The number of H-pyrrole nitrogens is 1. The second kappa shape index (κ2) is 10.1. The first-order valence-corrected chi connectivity index (χ1v) is 15.0. The highest BCUT2D eigenvalue weighted by molar-refractivity contribution is 7.86. The highest BCUT2D eigenvalue weighted by Gasteiger charge is 2.21. The number of benzene rings is 3. The molecule has 2 aromatic heterocycles. The van der Waals surface area contributed by atoms with E-state index in [4.69, 9.17) is 4.74 Å². The molecule has 13 nitrogen and oxygen atoms in total.